The van der Waals surface area contributed by atoms with Gasteiger partial charge in [-0.3, -0.25) is 5.10 Å². The van der Waals surface area contributed by atoms with Crippen molar-refractivity contribution in [2.45, 2.75) is 24.9 Å². The molecule has 22 heavy (non-hydrogen) atoms. The standard InChI is InChI=1S/C14H14ClN3O3S/c1-2-3-12-16-14(18-17-12)22-11(13(20)21)7-8-6-9(15)4-5-10(8)19/h4-7,19H,2-3H2,1H3,(H,20,21)(H,16,17,18)/b11-7-. The second kappa shape index (κ2) is 7.33. The van der Waals surface area contributed by atoms with Crippen LogP contribution in [0.4, 0.5) is 0 Å². The molecule has 0 aliphatic rings. The van der Waals surface area contributed by atoms with Gasteiger partial charge in [0.05, 0.1) is 0 Å². The molecule has 0 atom stereocenters. The molecule has 116 valence electrons. The second-order valence-corrected chi connectivity index (χ2v) is 5.88. The molecule has 0 fully saturated rings. The predicted octanol–water partition coefficient (Wildman–Crippen LogP) is 3.33. The molecular weight excluding hydrogens is 326 g/mol. The molecule has 0 aliphatic carbocycles. The molecule has 2 aromatic rings. The van der Waals surface area contributed by atoms with Crippen LogP contribution in [-0.4, -0.2) is 31.4 Å². The van der Waals surface area contributed by atoms with Gasteiger partial charge in [-0.1, -0.05) is 18.5 Å². The third-order valence-corrected chi connectivity index (χ3v) is 3.80. The summed E-state index contributed by atoms with van der Waals surface area (Å²) < 4.78 is 0. The number of halogens is 1. The molecule has 1 heterocycles. The minimum Gasteiger partial charge on any atom is -0.507 e. The highest BCUT2D eigenvalue weighted by Crippen LogP contribution is 2.30. The SMILES string of the molecule is CCCc1nc(S/C(=C\c2cc(Cl)ccc2O)C(=O)O)n[nH]1. The van der Waals surface area contributed by atoms with E-state index < -0.39 is 5.97 Å². The molecule has 0 bridgehead atoms. The number of hydrogen-bond donors (Lipinski definition) is 3. The number of aryl methyl sites for hydroxylation is 1. The van der Waals surface area contributed by atoms with Crippen LogP contribution in [0.15, 0.2) is 28.3 Å². The van der Waals surface area contributed by atoms with E-state index >= 15 is 0 Å². The normalized spacial score (nSPS) is 11.6. The van der Waals surface area contributed by atoms with Crippen LogP contribution in [0.3, 0.4) is 0 Å². The maximum Gasteiger partial charge on any atom is 0.342 e. The van der Waals surface area contributed by atoms with Gasteiger partial charge in [-0.15, -0.1) is 5.10 Å². The van der Waals surface area contributed by atoms with E-state index in [1.165, 1.54) is 24.3 Å². The van der Waals surface area contributed by atoms with Crippen molar-refractivity contribution in [2.75, 3.05) is 0 Å². The minimum atomic E-state index is -1.13. The molecule has 0 aliphatic heterocycles. The minimum absolute atomic E-state index is 0.0142. The number of carboxylic acid groups (broad SMARTS) is 1. The summed E-state index contributed by atoms with van der Waals surface area (Å²) in [4.78, 5) is 15.6. The Morgan fingerprint density at radius 1 is 1.50 bits per heavy atom. The van der Waals surface area contributed by atoms with Crippen molar-refractivity contribution < 1.29 is 15.0 Å². The number of aromatic amines is 1. The number of phenols is 1. The van der Waals surface area contributed by atoms with Gasteiger partial charge >= 0.3 is 5.97 Å². The molecule has 3 N–H and O–H groups in total. The van der Waals surface area contributed by atoms with Crippen LogP contribution in [0.2, 0.25) is 5.02 Å². The topological polar surface area (TPSA) is 99.1 Å². The van der Waals surface area contributed by atoms with Crippen LogP contribution in [0.25, 0.3) is 6.08 Å². The van der Waals surface area contributed by atoms with Gasteiger partial charge in [0.2, 0.25) is 5.16 Å². The lowest BCUT2D eigenvalue weighted by Gasteiger charge is -2.02. The number of phenolic OH excluding ortho intramolecular Hbond substituents is 1. The number of carbonyl (C=O) groups is 1. The maximum absolute atomic E-state index is 11.4. The molecule has 1 aromatic heterocycles. The van der Waals surface area contributed by atoms with Gasteiger partial charge < -0.3 is 10.2 Å². The van der Waals surface area contributed by atoms with E-state index in [-0.39, 0.29) is 10.7 Å². The molecule has 6 nitrogen and oxygen atoms in total. The monoisotopic (exact) mass is 339 g/mol. The van der Waals surface area contributed by atoms with E-state index in [2.05, 4.69) is 15.2 Å². The number of aliphatic carboxylic acids is 1. The van der Waals surface area contributed by atoms with Crippen molar-refractivity contribution in [3.8, 4) is 5.75 Å². The largest absolute Gasteiger partial charge is 0.507 e. The molecule has 0 radical (unpaired) electrons. The van der Waals surface area contributed by atoms with Crippen LogP contribution in [-0.2, 0) is 11.2 Å². The Morgan fingerprint density at radius 2 is 2.27 bits per heavy atom. The molecule has 0 saturated carbocycles. The fourth-order valence-corrected chi connectivity index (χ4v) is 2.59. The Morgan fingerprint density at radius 3 is 2.95 bits per heavy atom. The van der Waals surface area contributed by atoms with Gasteiger partial charge in [0.25, 0.3) is 0 Å². The molecule has 2 rings (SSSR count). The summed E-state index contributed by atoms with van der Waals surface area (Å²) in [5, 5.41) is 26.5. The highest BCUT2D eigenvalue weighted by molar-refractivity contribution is 8.04. The third-order valence-electron chi connectivity index (χ3n) is 2.69. The molecule has 8 heteroatoms. The molecule has 0 unspecified atom stereocenters. The Balaban J connectivity index is 2.27. The van der Waals surface area contributed by atoms with Gasteiger partial charge in [-0.25, -0.2) is 9.78 Å². The summed E-state index contributed by atoms with van der Waals surface area (Å²) in [6.07, 6.45) is 3.00. The zero-order valence-electron chi connectivity index (χ0n) is 11.7. The van der Waals surface area contributed by atoms with Gasteiger partial charge in [0.1, 0.15) is 16.5 Å². The van der Waals surface area contributed by atoms with E-state index in [9.17, 15) is 15.0 Å². The number of H-pyrrole nitrogens is 1. The first-order valence-electron chi connectivity index (χ1n) is 6.52. The van der Waals surface area contributed by atoms with Crippen molar-refractivity contribution in [1.29, 1.82) is 0 Å². The van der Waals surface area contributed by atoms with E-state index in [1.54, 1.807) is 0 Å². The Kier molecular flexibility index (Phi) is 5.46. The summed E-state index contributed by atoms with van der Waals surface area (Å²) in [7, 11) is 0. The summed E-state index contributed by atoms with van der Waals surface area (Å²) in [6, 6.07) is 4.42. The number of nitrogens with zero attached hydrogens (tertiary/aromatic N) is 2. The quantitative estimate of drug-likeness (QED) is 0.551. The fraction of sp³-hybridized carbons (Fsp3) is 0.214. The molecular formula is C14H14ClN3O3S. The maximum atomic E-state index is 11.4. The average Bonchev–Trinajstić information content (AvgIpc) is 2.90. The van der Waals surface area contributed by atoms with Crippen LogP contribution >= 0.6 is 23.4 Å². The van der Waals surface area contributed by atoms with Crippen molar-refractivity contribution in [3.05, 3.63) is 39.5 Å². The summed E-state index contributed by atoms with van der Waals surface area (Å²) in [6.45, 7) is 2.01. The number of aromatic nitrogens is 3. The van der Waals surface area contributed by atoms with Crippen LogP contribution in [0, 0.1) is 0 Å². The summed E-state index contributed by atoms with van der Waals surface area (Å²) >= 11 is 6.76. The number of hydrogen-bond acceptors (Lipinski definition) is 5. The first kappa shape index (κ1) is 16.4. The van der Waals surface area contributed by atoms with Gasteiger partial charge in [-0.05, 0) is 42.5 Å². The van der Waals surface area contributed by atoms with E-state index in [1.807, 2.05) is 6.92 Å². The average molecular weight is 340 g/mol. The first-order valence-corrected chi connectivity index (χ1v) is 7.71. The predicted molar refractivity (Wildman–Crippen MR) is 85.0 cm³/mol. The Bertz CT molecular complexity index is 715. The van der Waals surface area contributed by atoms with Crippen molar-refractivity contribution in [3.63, 3.8) is 0 Å². The van der Waals surface area contributed by atoms with Gasteiger partial charge in [-0.2, -0.15) is 0 Å². The van der Waals surface area contributed by atoms with Crippen LogP contribution < -0.4 is 0 Å². The highest BCUT2D eigenvalue weighted by Gasteiger charge is 2.14. The lowest BCUT2D eigenvalue weighted by Crippen LogP contribution is -1.97. The number of benzene rings is 1. The van der Waals surface area contributed by atoms with Crippen molar-refractivity contribution in [2.24, 2.45) is 0 Å². The molecule has 0 saturated heterocycles. The first-order chi connectivity index (χ1) is 10.5. The number of aromatic hydroxyl groups is 1. The number of thioether (sulfide) groups is 1. The smallest absolute Gasteiger partial charge is 0.342 e. The number of rotatable bonds is 6. The third kappa shape index (κ3) is 4.25. The lowest BCUT2D eigenvalue weighted by molar-refractivity contribution is -0.131. The Hall–Kier alpha value is -1.99. The van der Waals surface area contributed by atoms with E-state index in [4.69, 9.17) is 11.6 Å². The van der Waals surface area contributed by atoms with E-state index in [0.717, 1.165) is 24.6 Å². The molecule has 0 spiro atoms. The zero-order valence-corrected chi connectivity index (χ0v) is 13.3. The summed E-state index contributed by atoms with van der Waals surface area (Å²) in [5.74, 6) is -0.475. The number of carboxylic acids is 1. The van der Waals surface area contributed by atoms with Gasteiger partial charge in [0, 0.05) is 17.0 Å². The second-order valence-electron chi connectivity index (χ2n) is 4.43. The lowest BCUT2D eigenvalue weighted by atomic mass is 10.2. The summed E-state index contributed by atoms with van der Waals surface area (Å²) in [5.41, 5.74) is 0.321. The van der Waals surface area contributed by atoms with E-state index in [0.29, 0.717) is 21.6 Å². The zero-order chi connectivity index (χ0) is 16.1. The number of nitrogens with one attached hydrogen (secondary N) is 1. The van der Waals surface area contributed by atoms with Crippen molar-refractivity contribution in [1.82, 2.24) is 15.2 Å². The van der Waals surface area contributed by atoms with Crippen LogP contribution in [0.1, 0.15) is 24.7 Å². The Labute approximate surface area is 136 Å². The fourth-order valence-electron chi connectivity index (χ4n) is 1.69. The molecule has 0 amide bonds. The van der Waals surface area contributed by atoms with Crippen LogP contribution in [0.5, 0.6) is 5.75 Å². The highest BCUT2D eigenvalue weighted by atomic mass is 35.5. The molecule has 1 aromatic carbocycles. The van der Waals surface area contributed by atoms with Crippen molar-refractivity contribution >= 4 is 35.4 Å². The van der Waals surface area contributed by atoms with Gasteiger partial charge in [0.15, 0.2) is 0 Å².